The Hall–Kier alpha value is -1.35. The van der Waals surface area contributed by atoms with Crippen LogP contribution in [0.5, 0.6) is 0 Å². The molecule has 1 aromatic rings. The minimum atomic E-state index is -0.389. The molecule has 0 saturated carbocycles. The van der Waals surface area contributed by atoms with E-state index in [1.165, 1.54) is 83.5 Å². The lowest BCUT2D eigenvalue weighted by Crippen LogP contribution is -2.10. The lowest BCUT2D eigenvalue weighted by atomic mass is 10.0. The van der Waals surface area contributed by atoms with Gasteiger partial charge in [-0.3, -0.25) is 4.89 Å². The SMILES string of the molecule is [CH2]CCCCCCCCCCCCCCCCCOOC(=O)c1c(C)cccc1C. The molecule has 1 rings (SSSR count). The van der Waals surface area contributed by atoms with E-state index in [1.807, 2.05) is 32.0 Å². The van der Waals surface area contributed by atoms with E-state index in [1.54, 1.807) is 0 Å². The molecular formula is C27H45O3. The average molecular weight is 418 g/mol. The average Bonchev–Trinajstić information content (AvgIpc) is 2.72. The van der Waals surface area contributed by atoms with Crippen molar-refractivity contribution < 1.29 is 14.6 Å². The lowest BCUT2D eigenvalue weighted by Gasteiger charge is -2.08. The molecule has 0 fully saturated rings. The van der Waals surface area contributed by atoms with E-state index >= 15 is 0 Å². The van der Waals surface area contributed by atoms with Gasteiger partial charge >= 0.3 is 5.97 Å². The van der Waals surface area contributed by atoms with Crippen LogP contribution in [0.1, 0.15) is 124 Å². The van der Waals surface area contributed by atoms with Crippen molar-refractivity contribution >= 4 is 5.97 Å². The zero-order valence-electron chi connectivity index (χ0n) is 19.7. The Labute approximate surface area is 185 Å². The molecular weight excluding hydrogens is 372 g/mol. The second kappa shape index (κ2) is 18.4. The monoisotopic (exact) mass is 417 g/mol. The molecule has 171 valence electrons. The first-order chi connectivity index (χ1) is 14.7. The summed E-state index contributed by atoms with van der Waals surface area (Å²) in [4.78, 5) is 22.2. The Morgan fingerprint density at radius 2 is 1.10 bits per heavy atom. The Balaban J connectivity index is 1.83. The van der Waals surface area contributed by atoms with Crippen molar-refractivity contribution in [3.05, 3.63) is 41.8 Å². The van der Waals surface area contributed by atoms with Crippen molar-refractivity contribution in [2.75, 3.05) is 6.61 Å². The highest BCUT2D eigenvalue weighted by Gasteiger charge is 2.14. The molecule has 30 heavy (non-hydrogen) atoms. The van der Waals surface area contributed by atoms with Crippen LogP contribution in [0, 0.1) is 20.8 Å². The normalized spacial score (nSPS) is 11.0. The third-order valence-electron chi connectivity index (χ3n) is 5.80. The summed E-state index contributed by atoms with van der Waals surface area (Å²) < 4.78 is 0. The molecule has 0 bridgehead atoms. The highest BCUT2D eigenvalue weighted by Crippen LogP contribution is 2.15. The molecule has 0 aliphatic rings. The van der Waals surface area contributed by atoms with Crippen LogP contribution >= 0.6 is 0 Å². The second-order valence-electron chi connectivity index (χ2n) is 8.62. The summed E-state index contributed by atoms with van der Waals surface area (Å²) in [6, 6.07) is 5.77. The topological polar surface area (TPSA) is 35.5 Å². The van der Waals surface area contributed by atoms with Crippen LogP contribution in [0.3, 0.4) is 0 Å². The summed E-state index contributed by atoms with van der Waals surface area (Å²) >= 11 is 0. The van der Waals surface area contributed by atoms with Crippen LogP contribution < -0.4 is 0 Å². The fraction of sp³-hybridized carbons (Fsp3) is 0.704. The number of benzene rings is 1. The third-order valence-corrected chi connectivity index (χ3v) is 5.80. The zero-order valence-corrected chi connectivity index (χ0v) is 19.7. The fourth-order valence-corrected chi connectivity index (χ4v) is 3.91. The first kappa shape index (κ1) is 26.7. The van der Waals surface area contributed by atoms with Crippen molar-refractivity contribution in [3.63, 3.8) is 0 Å². The Morgan fingerprint density at radius 3 is 1.53 bits per heavy atom. The van der Waals surface area contributed by atoms with E-state index in [2.05, 4.69) is 6.92 Å². The predicted octanol–water partition coefficient (Wildman–Crippen LogP) is 8.47. The number of rotatable bonds is 19. The van der Waals surface area contributed by atoms with Crippen molar-refractivity contribution in [1.82, 2.24) is 0 Å². The molecule has 1 aromatic carbocycles. The van der Waals surface area contributed by atoms with Crippen LogP contribution in [0.2, 0.25) is 0 Å². The van der Waals surface area contributed by atoms with Crippen LogP contribution in [0.15, 0.2) is 18.2 Å². The minimum Gasteiger partial charge on any atom is -0.293 e. The van der Waals surface area contributed by atoms with Gasteiger partial charge in [-0.25, -0.2) is 4.79 Å². The molecule has 0 unspecified atom stereocenters. The quantitative estimate of drug-likeness (QED) is 0.129. The largest absolute Gasteiger partial charge is 0.373 e. The van der Waals surface area contributed by atoms with Gasteiger partial charge in [0.2, 0.25) is 0 Å². The third kappa shape index (κ3) is 13.1. The van der Waals surface area contributed by atoms with Crippen LogP contribution in [0.4, 0.5) is 0 Å². The van der Waals surface area contributed by atoms with Gasteiger partial charge in [-0.05, 0) is 31.4 Å². The van der Waals surface area contributed by atoms with Crippen LogP contribution in [-0.4, -0.2) is 12.6 Å². The molecule has 0 N–H and O–H groups in total. The minimum absolute atomic E-state index is 0.389. The Bertz CT molecular complexity index is 533. The molecule has 3 nitrogen and oxygen atoms in total. The second-order valence-corrected chi connectivity index (χ2v) is 8.62. The maximum atomic E-state index is 12.1. The summed E-state index contributed by atoms with van der Waals surface area (Å²) in [6.07, 6.45) is 20.9. The molecule has 0 aromatic heterocycles. The fourth-order valence-electron chi connectivity index (χ4n) is 3.91. The maximum absolute atomic E-state index is 12.1. The lowest BCUT2D eigenvalue weighted by molar-refractivity contribution is -0.241. The number of hydrogen-bond acceptors (Lipinski definition) is 3. The first-order valence-corrected chi connectivity index (χ1v) is 12.4. The van der Waals surface area contributed by atoms with Gasteiger partial charge < -0.3 is 0 Å². The van der Waals surface area contributed by atoms with Crippen molar-refractivity contribution in [3.8, 4) is 0 Å². The van der Waals surface area contributed by atoms with Crippen molar-refractivity contribution in [1.29, 1.82) is 0 Å². The Morgan fingerprint density at radius 1 is 0.700 bits per heavy atom. The van der Waals surface area contributed by atoms with E-state index in [9.17, 15) is 4.79 Å². The van der Waals surface area contributed by atoms with Crippen molar-refractivity contribution in [2.24, 2.45) is 0 Å². The molecule has 0 spiro atoms. The zero-order chi connectivity index (χ0) is 21.9. The van der Waals surface area contributed by atoms with Gasteiger partial charge in [-0.15, -0.1) is 0 Å². The molecule has 0 aliphatic heterocycles. The molecule has 0 atom stereocenters. The predicted molar refractivity (Wildman–Crippen MR) is 127 cm³/mol. The number of carbonyl (C=O) groups is 1. The molecule has 0 saturated heterocycles. The number of hydrogen-bond donors (Lipinski definition) is 0. The van der Waals surface area contributed by atoms with Gasteiger partial charge in [0.05, 0.1) is 12.2 Å². The highest BCUT2D eigenvalue weighted by molar-refractivity contribution is 5.92. The number of aryl methyl sites for hydroxylation is 2. The standard InChI is InChI=1S/C27H45O3/c1-4-5-6-7-8-9-10-11-12-13-14-15-16-17-18-19-23-29-30-27(28)26-24(2)21-20-22-25(26)3/h20-22H,1,4-19,23H2,2-3H3. The van der Waals surface area contributed by atoms with Gasteiger partial charge in [0.1, 0.15) is 0 Å². The molecule has 1 radical (unpaired) electrons. The van der Waals surface area contributed by atoms with E-state index in [0.717, 1.165) is 30.4 Å². The van der Waals surface area contributed by atoms with Gasteiger partial charge in [-0.1, -0.05) is 121 Å². The van der Waals surface area contributed by atoms with E-state index < -0.39 is 0 Å². The molecule has 0 amide bonds. The smallest absolute Gasteiger partial charge is 0.293 e. The maximum Gasteiger partial charge on any atom is 0.373 e. The summed E-state index contributed by atoms with van der Waals surface area (Å²) in [7, 11) is 0. The van der Waals surface area contributed by atoms with Crippen molar-refractivity contribution in [2.45, 2.75) is 117 Å². The molecule has 3 heteroatoms. The highest BCUT2D eigenvalue weighted by atomic mass is 17.2. The van der Waals surface area contributed by atoms with E-state index in [0.29, 0.717) is 12.2 Å². The first-order valence-electron chi connectivity index (χ1n) is 12.4. The molecule has 0 aliphatic carbocycles. The van der Waals surface area contributed by atoms with Gasteiger partial charge in [-0.2, -0.15) is 4.89 Å². The van der Waals surface area contributed by atoms with Gasteiger partial charge in [0, 0.05) is 0 Å². The van der Waals surface area contributed by atoms with Crippen LogP contribution in [0.25, 0.3) is 0 Å². The van der Waals surface area contributed by atoms with E-state index in [4.69, 9.17) is 9.78 Å². The summed E-state index contributed by atoms with van der Waals surface area (Å²) in [6.45, 7) is 8.20. The summed E-state index contributed by atoms with van der Waals surface area (Å²) in [5.74, 6) is -0.389. The Kier molecular flexibility index (Phi) is 16.4. The van der Waals surface area contributed by atoms with Gasteiger partial charge in [0.25, 0.3) is 0 Å². The van der Waals surface area contributed by atoms with Crippen LogP contribution in [-0.2, 0) is 9.78 Å². The van der Waals surface area contributed by atoms with E-state index in [-0.39, 0.29) is 5.97 Å². The summed E-state index contributed by atoms with van der Waals surface area (Å²) in [5.41, 5.74) is 2.45. The number of unbranched alkanes of at least 4 members (excludes halogenated alkanes) is 15. The number of carbonyl (C=O) groups excluding carboxylic acids is 1. The summed E-state index contributed by atoms with van der Waals surface area (Å²) in [5, 5.41) is 0. The molecule has 0 heterocycles. The van der Waals surface area contributed by atoms with Gasteiger partial charge in [0.15, 0.2) is 0 Å².